The van der Waals surface area contributed by atoms with E-state index in [0.29, 0.717) is 15.4 Å². The zero-order valence-corrected chi connectivity index (χ0v) is 9.17. The van der Waals surface area contributed by atoms with E-state index in [1.54, 1.807) is 6.07 Å². The molecule has 60 valence electrons. The van der Waals surface area contributed by atoms with Crippen molar-refractivity contribution in [3.8, 4) is 0 Å². The maximum absolute atomic E-state index is 13.1. The molecule has 0 heterocycles. The summed E-state index contributed by atoms with van der Waals surface area (Å²) >= 11 is 6.36. The minimum Gasteiger partial charge on any atom is -0.205 e. The van der Waals surface area contributed by atoms with Gasteiger partial charge >= 0.3 is 0 Å². The molecule has 0 bridgehead atoms. The predicted molar refractivity (Wildman–Crippen MR) is 51.5 cm³/mol. The fraction of sp³-hybridized carbons (Fsp3) is 0.250. The summed E-state index contributed by atoms with van der Waals surface area (Å²) < 4.78 is 13.6. The second-order valence-electron chi connectivity index (χ2n) is 2.35. The van der Waals surface area contributed by atoms with Gasteiger partial charge in [-0.2, -0.15) is 0 Å². The highest BCUT2D eigenvalue weighted by Crippen LogP contribution is 2.22. The molecule has 3 heteroatoms. The van der Waals surface area contributed by atoms with E-state index in [4.69, 9.17) is 0 Å². The van der Waals surface area contributed by atoms with Gasteiger partial charge in [-0.15, -0.1) is 0 Å². The van der Waals surface area contributed by atoms with Gasteiger partial charge in [-0.05, 0) is 40.0 Å². The van der Waals surface area contributed by atoms with Gasteiger partial charge in [0, 0.05) is 5.33 Å². The summed E-state index contributed by atoms with van der Waals surface area (Å²) in [5, 5.41) is 0.555. The number of hydrogen-bond acceptors (Lipinski definition) is 0. The molecule has 0 fully saturated rings. The molecule has 1 rings (SSSR count). The predicted octanol–water partition coefficient (Wildman–Crippen LogP) is 3.79. The lowest BCUT2D eigenvalue weighted by atomic mass is 10.1. The smallest absolute Gasteiger partial charge is 0.141 e. The molecule has 0 saturated heterocycles. The van der Waals surface area contributed by atoms with Crippen molar-refractivity contribution < 1.29 is 4.39 Å². The Labute approximate surface area is 82.1 Å². The minimum absolute atomic E-state index is 0.174. The summed E-state index contributed by atoms with van der Waals surface area (Å²) in [4.78, 5) is 0. The van der Waals surface area contributed by atoms with Crippen LogP contribution in [0.25, 0.3) is 0 Å². The molecule has 1 aromatic carbocycles. The van der Waals surface area contributed by atoms with Crippen molar-refractivity contribution in [1.82, 2.24) is 0 Å². The third-order valence-corrected chi connectivity index (χ3v) is 2.57. The number of benzene rings is 1. The lowest BCUT2D eigenvalue weighted by Crippen LogP contribution is -1.88. The molecule has 0 N–H and O–H groups in total. The van der Waals surface area contributed by atoms with Crippen molar-refractivity contribution in [3.63, 3.8) is 0 Å². The van der Waals surface area contributed by atoms with Gasteiger partial charge in [-0.3, -0.25) is 0 Å². The average Bonchev–Trinajstić information content (AvgIpc) is 1.96. The first-order valence-electron chi connectivity index (χ1n) is 3.15. The molecular formula is C8H7Br2F. The van der Waals surface area contributed by atoms with Gasteiger partial charge < -0.3 is 0 Å². The monoisotopic (exact) mass is 280 g/mol. The second kappa shape index (κ2) is 3.68. The molecular weight excluding hydrogens is 275 g/mol. The minimum atomic E-state index is -0.174. The molecule has 11 heavy (non-hydrogen) atoms. The van der Waals surface area contributed by atoms with Crippen LogP contribution in [0.1, 0.15) is 11.1 Å². The quantitative estimate of drug-likeness (QED) is 0.687. The molecule has 0 amide bonds. The van der Waals surface area contributed by atoms with Gasteiger partial charge in [0.15, 0.2) is 0 Å². The van der Waals surface area contributed by atoms with Crippen molar-refractivity contribution >= 4 is 31.9 Å². The Hall–Kier alpha value is 0.110. The Morgan fingerprint density at radius 2 is 2.09 bits per heavy atom. The van der Waals surface area contributed by atoms with Crippen LogP contribution >= 0.6 is 31.9 Å². The molecule has 0 unspecified atom stereocenters. The van der Waals surface area contributed by atoms with Crippen LogP contribution in [0.15, 0.2) is 16.6 Å². The van der Waals surface area contributed by atoms with Gasteiger partial charge in [0.25, 0.3) is 0 Å². The lowest BCUT2D eigenvalue weighted by Gasteiger charge is -2.02. The Balaban J connectivity index is 3.24. The molecule has 0 atom stereocenters. The fourth-order valence-corrected chi connectivity index (χ4v) is 1.92. The van der Waals surface area contributed by atoms with Crippen molar-refractivity contribution in [1.29, 1.82) is 0 Å². The van der Waals surface area contributed by atoms with Crippen LogP contribution in [0.2, 0.25) is 0 Å². The fourth-order valence-electron chi connectivity index (χ4n) is 0.894. The highest BCUT2D eigenvalue weighted by Gasteiger charge is 2.05. The molecule has 0 aliphatic rings. The first kappa shape index (κ1) is 9.20. The van der Waals surface area contributed by atoms with Gasteiger partial charge in [0.05, 0.1) is 4.47 Å². The van der Waals surface area contributed by atoms with Crippen molar-refractivity contribution in [3.05, 3.63) is 33.5 Å². The molecule has 0 aromatic heterocycles. The maximum Gasteiger partial charge on any atom is 0.141 e. The van der Waals surface area contributed by atoms with Crippen LogP contribution in [-0.2, 0) is 5.33 Å². The van der Waals surface area contributed by atoms with E-state index in [2.05, 4.69) is 31.9 Å². The Morgan fingerprint density at radius 3 is 2.64 bits per heavy atom. The molecule has 0 radical (unpaired) electrons. The first-order chi connectivity index (χ1) is 5.15. The van der Waals surface area contributed by atoms with Crippen LogP contribution < -0.4 is 0 Å². The summed E-state index contributed by atoms with van der Waals surface area (Å²) in [6, 6.07) is 3.59. The van der Waals surface area contributed by atoms with Gasteiger partial charge in [0.1, 0.15) is 5.82 Å². The largest absolute Gasteiger partial charge is 0.205 e. The average molecular weight is 282 g/mol. The van der Waals surface area contributed by atoms with E-state index < -0.39 is 0 Å². The van der Waals surface area contributed by atoms with E-state index >= 15 is 0 Å². The summed E-state index contributed by atoms with van der Waals surface area (Å²) in [7, 11) is 0. The molecule has 0 spiro atoms. The Morgan fingerprint density at radius 1 is 1.45 bits per heavy atom. The zero-order valence-electron chi connectivity index (χ0n) is 6.00. The Kier molecular flexibility index (Phi) is 3.07. The van der Waals surface area contributed by atoms with Crippen LogP contribution in [0.3, 0.4) is 0 Å². The molecule has 0 nitrogen and oxygen atoms in total. The maximum atomic E-state index is 13.1. The van der Waals surface area contributed by atoms with E-state index in [-0.39, 0.29) is 5.82 Å². The molecule has 1 aromatic rings. The number of halogens is 3. The number of alkyl halides is 1. The first-order valence-corrected chi connectivity index (χ1v) is 5.07. The van der Waals surface area contributed by atoms with Crippen molar-refractivity contribution in [2.75, 3.05) is 0 Å². The number of aryl methyl sites for hydroxylation is 1. The summed E-state index contributed by atoms with van der Waals surface area (Å²) in [5.74, 6) is -0.174. The van der Waals surface area contributed by atoms with Crippen LogP contribution in [0.4, 0.5) is 4.39 Å². The van der Waals surface area contributed by atoms with Crippen molar-refractivity contribution in [2.24, 2.45) is 0 Å². The summed E-state index contributed by atoms with van der Waals surface area (Å²) in [6.45, 7) is 1.94. The zero-order chi connectivity index (χ0) is 8.43. The highest BCUT2D eigenvalue weighted by atomic mass is 79.9. The van der Waals surface area contributed by atoms with Crippen LogP contribution in [-0.4, -0.2) is 0 Å². The van der Waals surface area contributed by atoms with Crippen LogP contribution in [0.5, 0.6) is 0 Å². The second-order valence-corrected chi connectivity index (χ2v) is 3.77. The molecule has 0 saturated carbocycles. The van der Waals surface area contributed by atoms with Gasteiger partial charge in [-0.25, -0.2) is 4.39 Å². The topological polar surface area (TPSA) is 0 Å². The highest BCUT2D eigenvalue weighted by molar-refractivity contribution is 9.10. The lowest BCUT2D eigenvalue weighted by molar-refractivity contribution is 0.610. The van der Waals surface area contributed by atoms with Gasteiger partial charge in [-0.1, -0.05) is 22.0 Å². The number of rotatable bonds is 1. The molecule has 0 aliphatic carbocycles. The van der Waals surface area contributed by atoms with E-state index in [0.717, 1.165) is 5.56 Å². The third kappa shape index (κ3) is 2.03. The van der Waals surface area contributed by atoms with E-state index in [1.165, 1.54) is 0 Å². The van der Waals surface area contributed by atoms with Crippen LogP contribution in [0, 0.1) is 12.7 Å². The number of hydrogen-bond donors (Lipinski definition) is 0. The van der Waals surface area contributed by atoms with E-state index in [1.807, 2.05) is 13.0 Å². The normalized spacial score (nSPS) is 10.2. The molecule has 0 aliphatic heterocycles. The van der Waals surface area contributed by atoms with E-state index in [9.17, 15) is 4.39 Å². The SMILES string of the molecule is Cc1cc(Br)c(F)c(CBr)c1. The standard InChI is InChI=1S/C8H7Br2F/c1-5-2-6(4-9)8(11)7(10)3-5/h2-3H,4H2,1H3. The summed E-state index contributed by atoms with van der Waals surface area (Å²) in [5.41, 5.74) is 1.75. The van der Waals surface area contributed by atoms with Crippen molar-refractivity contribution in [2.45, 2.75) is 12.3 Å². The van der Waals surface area contributed by atoms with Gasteiger partial charge in [0.2, 0.25) is 0 Å². The Bertz CT molecular complexity index is 271. The third-order valence-electron chi connectivity index (χ3n) is 1.39. The summed E-state index contributed by atoms with van der Waals surface area (Å²) in [6.07, 6.45) is 0.